The molecule has 2 aliphatic heterocycles. The summed E-state index contributed by atoms with van der Waals surface area (Å²) in [5.41, 5.74) is 1.66. The Morgan fingerprint density at radius 2 is 1.80 bits per heavy atom. The number of carbonyl (C=O) groups is 2. The molecule has 0 N–H and O–H groups in total. The van der Waals surface area contributed by atoms with Crippen molar-refractivity contribution < 1.29 is 23.1 Å². The number of aromatic nitrogens is 2. The number of halogens is 2. The van der Waals surface area contributed by atoms with Gasteiger partial charge in [-0.15, -0.1) is 5.10 Å². The fourth-order valence-electron chi connectivity index (χ4n) is 5.61. The smallest absolute Gasteiger partial charge is 0.292 e. The third kappa shape index (κ3) is 6.98. The van der Waals surface area contributed by atoms with E-state index in [-0.39, 0.29) is 5.91 Å². The van der Waals surface area contributed by atoms with Crippen LogP contribution in [0.2, 0.25) is 0 Å². The fourth-order valence-corrected chi connectivity index (χ4v) is 5.61. The average molecular weight is 552 g/mol. The minimum absolute atomic E-state index is 0.0154. The first kappa shape index (κ1) is 29.1. The Hall–Kier alpha value is -3.92. The highest BCUT2D eigenvalue weighted by molar-refractivity contribution is 5.81. The van der Waals surface area contributed by atoms with Crippen molar-refractivity contribution in [3.63, 3.8) is 0 Å². The van der Waals surface area contributed by atoms with Crippen molar-refractivity contribution in [1.29, 1.82) is 0 Å². The van der Waals surface area contributed by atoms with Crippen LogP contribution in [0.5, 0.6) is 0 Å². The standard InChI is InChI=1S/C28H31F2N5O.C2H4O2/c1-33-15-16-34(14-6-9-26(33)20-7-3-2-4-8-20)28(36)24-19-35(27-10-5-13-31-32-27)18-23(24)22-12-11-21(29)17-25(22)30;1-4-2-3/h2-5,7-8,10-13,17,23-24,26H,6,9,14-16,18-19H2,1H3;2H,1H3/t23-,24?,26?;/m0./s1. The zero-order chi connectivity index (χ0) is 28.5. The minimum Gasteiger partial charge on any atom is -0.471 e. The number of hydrogen-bond donors (Lipinski definition) is 0. The van der Waals surface area contributed by atoms with Crippen LogP contribution in [0.1, 0.15) is 35.9 Å². The summed E-state index contributed by atoms with van der Waals surface area (Å²) in [6, 6.07) is 18.1. The van der Waals surface area contributed by atoms with Gasteiger partial charge in [-0.05, 0) is 49.2 Å². The highest BCUT2D eigenvalue weighted by atomic mass is 19.1. The van der Waals surface area contributed by atoms with Gasteiger partial charge in [0.2, 0.25) is 5.91 Å². The summed E-state index contributed by atoms with van der Waals surface area (Å²) >= 11 is 0. The first-order valence-electron chi connectivity index (χ1n) is 13.4. The number of rotatable bonds is 5. The van der Waals surface area contributed by atoms with Crippen LogP contribution in [-0.2, 0) is 14.3 Å². The monoisotopic (exact) mass is 551 g/mol. The van der Waals surface area contributed by atoms with Crippen LogP contribution in [0.15, 0.2) is 66.9 Å². The van der Waals surface area contributed by atoms with Gasteiger partial charge in [0.1, 0.15) is 11.6 Å². The lowest BCUT2D eigenvalue weighted by Gasteiger charge is -2.36. The first-order chi connectivity index (χ1) is 19.4. The van der Waals surface area contributed by atoms with Crippen molar-refractivity contribution in [2.45, 2.75) is 24.8 Å². The van der Waals surface area contributed by atoms with Gasteiger partial charge >= 0.3 is 0 Å². The largest absolute Gasteiger partial charge is 0.471 e. The van der Waals surface area contributed by atoms with Crippen molar-refractivity contribution in [3.8, 4) is 0 Å². The maximum atomic E-state index is 14.9. The van der Waals surface area contributed by atoms with Gasteiger partial charge in [0, 0.05) is 56.9 Å². The lowest BCUT2D eigenvalue weighted by Crippen LogP contribution is -2.45. The van der Waals surface area contributed by atoms with E-state index in [2.05, 4.69) is 51.1 Å². The molecule has 5 rings (SSSR count). The molecule has 40 heavy (non-hydrogen) atoms. The lowest BCUT2D eigenvalue weighted by molar-refractivity contribution is -0.136. The predicted molar refractivity (Wildman–Crippen MR) is 148 cm³/mol. The molecule has 0 radical (unpaired) electrons. The molecule has 8 nitrogen and oxygen atoms in total. The Bertz CT molecular complexity index is 1250. The highest BCUT2D eigenvalue weighted by Crippen LogP contribution is 2.37. The molecular formula is C30H35F2N5O3. The van der Waals surface area contributed by atoms with Crippen LogP contribution in [0.3, 0.4) is 0 Å². The second kappa shape index (κ2) is 13.9. The van der Waals surface area contributed by atoms with Gasteiger partial charge in [0.15, 0.2) is 5.82 Å². The van der Waals surface area contributed by atoms with Gasteiger partial charge < -0.3 is 14.5 Å². The normalized spacial score (nSPS) is 21.6. The van der Waals surface area contributed by atoms with Gasteiger partial charge in [-0.25, -0.2) is 8.78 Å². The van der Waals surface area contributed by atoms with Gasteiger partial charge in [-0.1, -0.05) is 36.4 Å². The first-order valence-corrected chi connectivity index (χ1v) is 13.4. The van der Waals surface area contributed by atoms with Gasteiger partial charge in [0.05, 0.1) is 13.0 Å². The zero-order valence-electron chi connectivity index (χ0n) is 22.8. The van der Waals surface area contributed by atoms with E-state index in [1.54, 1.807) is 12.3 Å². The molecule has 0 spiro atoms. The van der Waals surface area contributed by atoms with E-state index in [9.17, 15) is 13.6 Å². The fraction of sp³-hybridized carbons (Fsp3) is 0.400. The summed E-state index contributed by atoms with van der Waals surface area (Å²) in [6.07, 6.45) is 3.43. The van der Waals surface area contributed by atoms with Gasteiger partial charge in [0.25, 0.3) is 6.47 Å². The molecule has 212 valence electrons. The van der Waals surface area contributed by atoms with E-state index in [0.29, 0.717) is 50.1 Å². The van der Waals surface area contributed by atoms with Crippen LogP contribution in [0.4, 0.5) is 14.6 Å². The molecule has 1 aromatic heterocycles. The summed E-state index contributed by atoms with van der Waals surface area (Å²) in [7, 11) is 3.42. The molecule has 0 saturated carbocycles. The number of benzene rings is 2. The van der Waals surface area contributed by atoms with Crippen LogP contribution in [-0.4, -0.2) is 79.3 Å². The summed E-state index contributed by atoms with van der Waals surface area (Å²) < 4.78 is 32.4. The van der Waals surface area contributed by atoms with E-state index in [0.717, 1.165) is 25.5 Å². The van der Waals surface area contributed by atoms with Crippen molar-refractivity contribution in [2.24, 2.45) is 5.92 Å². The summed E-state index contributed by atoms with van der Waals surface area (Å²) in [5, 5.41) is 8.16. The van der Waals surface area contributed by atoms with Crippen molar-refractivity contribution in [1.82, 2.24) is 20.0 Å². The van der Waals surface area contributed by atoms with Crippen LogP contribution in [0.25, 0.3) is 0 Å². The van der Waals surface area contributed by atoms with Crippen LogP contribution in [0, 0.1) is 17.6 Å². The van der Waals surface area contributed by atoms with E-state index in [4.69, 9.17) is 4.79 Å². The molecule has 2 aromatic carbocycles. The molecule has 2 unspecified atom stereocenters. The van der Waals surface area contributed by atoms with E-state index in [1.807, 2.05) is 21.9 Å². The molecule has 3 aromatic rings. The number of nitrogens with zero attached hydrogens (tertiary/aromatic N) is 5. The second-order valence-electron chi connectivity index (χ2n) is 10.1. The van der Waals surface area contributed by atoms with Crippen molar-refractivity contribution in [3.05, 3.63) is 89.6 Å². The molecule has 10 heteroatoms. The number of ether oxygens (including phenoxy) is 1. The zero-order valence-corrected chi connectivity index (χ0v) is 22.8. The maximum Gasteiger partial charge on any atom is 0.292 e. The molecule has 3 heterocycles. The second-order valence-corrected chi connectivity index (χ2v) is 10.1. The molecular weight excluding hydrogens is 516 g/mol. The number of carbonyl (C=O) groups excluding carboxylic acids is 2. The Kier molecular flexibility index (Phi) is 10.1. The topological polar surface area (TPSA) is 78.9 Å². The third-order valence-corrected chi connectivity index (χ3v) is 7.63. The molecule has 0 aliphatic carbocycles. The molecule has 2 saturated heterocycles. The summed E-state index contributed by atoms with van der Waals surface area (Å²) in [5.74, 6) is -1.43. The predicted octanol–water partition coefficient (Wildman–Crippen LogP) is 4.06. The van der Waals surface area contributed by atoms with Gasteiger partial charge in [-0.2, -0.15) is 5.10 Å². The minimum atomic E-state index is -0.623. The van der Waals surface area contributed by atoms with Crippen molar-refractivity contribution in [2.75, 3.05) is 51.8 Å². The number of hydrogen-bond acceptors (Lipinski definition) is 7. The Balaban J connectivity index is 0.000000867. The SMILES string of the molecule is CN1CCN(C(=O)C2CN(c3cccnn3)C[C@H]2c2ccc(F)cc2F)CCCC1c1ccccc1.COC=O. The Labute approximate surface area is 233 Å². The van der Waals surface area contributed by atoms with Crippen LogP contribution < -0.4 is 4.90 Å². The summed E-state index contributed by atoms with van der Waals surface area (Å²) in [4.78, 5) is 29.1. The number of methoxy groups -OCH3 is 1. The van der Waals surface area contributed by atoms with E-state index < -0.39 is 23.5 Å². The highest BCUT2D eigenvalue weighted by Gasteiger charge is 2.42. The molecule has 0 bridgehead atoms. The number of likely N-dealkylation sites (N-methyl/N-ethyl adjacent to an activating group) is 1. The molecule has 2 aliphatic rings. The van der Waals surface area contributed by atoms with Gasteiger partial charge in [-0.3, -0.25) is 14.5 Å². The maximum absolute atomic E-state index is 14.9. The Morgan fingerprint density at radius 1 is 1.02 bits per heavy atom. The molecule has 2 fully saturated rings. The number of amides is 1. The quantitative estimate of drug-likeness (QED) is 0.443. The van der Waals surface area contributed by atoms with Crippen LogP contribution >= 0.6 is 0 Å². The van der Waals surface area contributed by atoms with Crippen molar-refractivity contribution >= 4 is 18.2 Å². The number of anilines is 1. The molecule has 3 atom stereocenters. The Morgan fingerprint density at radius 3 is 2.48 bits per heavy atom. The average Bonchev–Trinajstić information content (AvgIpc) is 3.41. The summed E-state index contributed by atoms with van der Waals surface area (Å²) in [6.45, 7) is 3.23. The molecule has 1 amide bonds. The van der Waals surface area contributed by atoms with E-state index in [1.165, 1.54) is 24.8 Å². The lowest BCUT2D eigenvalue weighted by atomic mass is 9.87. The van der Waals surface area contributed by atoms with E-state index >= 15 is 0 Å². The third-order valence-electron chi connectivity index (χ3n) is 7.63.